The van der Waals surface area contributed by atoms with E-state index in [9.17, 15) is 14.4 Å². The minimum absolute atomic E-state index is 0.0712. The van der Waals surface area contributed by atoms with E-state index < -0.39 is 6.10 Å². The molecule has 0 aliphatic carbocycles. The van der Waals surface area contributed by atoms with Crippen molar-refractivity contribution in [2.75, 3.05) is 13.2 Å². The van der Waals surface area contributed by atoms with Crippen LogP contribution in [-0.2, 0) is 28.6 Å². The van der Waals surface area contributed by atoms with E-state index in [1.807, 2.05) is 0 Å². The van der Waals surface area contributed by atoms with Crippen LogP contribution in [0.25, 0.3) is 0 Å². The maximum atomic E-state index is 12.9. The van der Waals surface area contributed by atoms with E-state index in [2.05, 4.69) is 69.4 Å². The monoisotopic (exact) mass is 1080 g/mol. The maximum Gasteiger partial charge on any atom is 0.306 e. The van der Waals surface area contributed by atoms with Crippen molar-refractivity contribution in [1.29, 1.82) is 0 Å². The lowest BCUT2D eigenvalue weighted by molar-refractivity contribution is -0.167. The molecule has 0 aliphatic heterocycles. The predicted molar refractivity (Wildman–Crippen MR) is 335 cm³/mol. The highest BCUT2D eigenvalue weighted by Gasteiger charge is 2.19. The molecule has 0 saturated heterocycles. The lowest BCUT2D eigenvalue weighted by atomic mass is 10.0. The van der Waals surface area contributed by atoms with Crippen LogP contribution in [-0.4, -0.2) is 37.2 Å². The minimum Gasteiger partial charge on any atom is -0.462 e. The zero-order valence-electron chi connectivity index (χ0n) is 51.7. The van der Waals surface area contributed by atoms with Gasteiger partial charge in [-0.05, 0) is 57.8 Å². The zero-order valence-corrected chi connectivity index (χ0v) is 51.7. The molecule has 0 aromatic carbocycles. The zero-order chi connectivity index (χ0) is 55.7. The Morgan fingerprint density at radius 3 is 0.792 bits per heavy atom. The van der Waals surface area contributed by atoms with Gasteiger partial charge in [-0.25, -0.2) is 0 Å². The molecule has 0 saturated carbocycles. The van der Waals surface area contributed by atoms with Crippen LogP contribution < -0.4 is 0 Å². The molecule has 0 aliphatic rings. The topological polar surface area (TPSA) is 78.9 Å². The molecule has 0 amide bonds. The average molecular weight is 1080 g/mol. The van der Waals surface area contributed by atoms with Crippen molar-refractivity contribution in [1.82, 2.24) is 0 Å². The van der Waals surface area contributed by atoms with Gasteiger partial charge in [0.25, 0.3) is 0 Å². The normalized spacial score (nSPS) is 12.3. The van der Waals surface area contributed by atoms with Gasteiger partial charge >= 0.3 is 17.9 Å². The van der Waals surface area contributed by atoms with Crippen molar-refractivity contribution in [3.63, 3.8) is 0 Å². The second-order valence-electron chi connectivity index (χ2n) is 23.1. The van der Waals surface area contributed by atoms with Gasteiger partial charge in [0.2, 0.25) is 0 Å². The molecule has 0 rings (SSSR count). The lowest BCUT2D eigenvalue weighted by Crippen LogP contribution is -2.30. The molecule has 0 fully saturated rings. The Kier molecular flexibility index (Phi) is 63.6. The average Bonchev–Trinajstić information content (AvgIpc) is 3.43. The van der Waals surface area contributed by atoms with Crippen LogP contribution in [0.15, 0.2) is 48.6 Å². The summed E-state index contributed by atoms with van der Waals surface area (Å²) in [6.45, 7) is 6.58. The summed E-state index contributed by atoms with van der Waals surface area (Å²) in [6.07, 6.45) is 82.8. The summed E-state index contributed by atoms with van der Waals surface area (Å²) >= 11 is 0. The van der Waals surface area contributed by atoms with Crippen molar-refractivity contribution in [3.05, 3.63) is 48.6 Å². The van der Waals surface area contributed by atoms with Gasteiger partial charge in [-0.3, -0.25) is 14.4 Å². The van der Waals surface area contributed by atoms with Crippen molar-refractivity contribution in [2.24, 2.45) is 0 Å². The van der Waals surface area contributed by atoms with Gasteiger partial charge in [0.15, 0.2) is 6.10 Å². The summed E-state index contributed by atoms with van der Waals surface area (Å²) in [5.41, 5.74) is 0. The first-order valence-electron chi connectivity index (χ1n) is 34.1. The van der Waals surface area contributed by atoms with Gasteiger partial charge in [0, 0.05) is 19.3 Å². The van der Waals surface area contributed by atoms with Crippen molar-refractivity contribution in [2.45, 2.75) is 374 Å². The van der Waals surface area contributed by atoms with E-state index in [1.54, 1.807) is 0 Å². The fourth-order valence-electron chi connectivity index (χ4n) is 10.3. The quantitative estimate of drug-likeness (QED) is 0.0261. The van der Waals surface area contributed by atoms with Crippen LogP contribution in [0.2, 0.25) is 0 Å². The first-order chi connectivity index (χ1) is 38.0. The molecule has 6 heteroatoms. The largest absolute Gasteiger partial charge is 0.462 e. The highest BCUT2D eigenvalue weighted by atomic mass is 16.6. The molecule has 450 valence electrons. The molecule has 0 spiro atoms. The van der Waals surface area contributed by atoms with Crippen LogP contribution in [0.4, 0.5) is 0 Å². The van der Waals surface area contributed by atoms with Crippen LogP contribution in [0.5, 0.6) is 0 Å². The lowest BCUT2D eigenvalue weighted by Gasteiger charge is -2.18. The van der Waals surface area contributed by atoms with E-state index in [0.717, 1.165) is 89.9 Å². The third-order valence-electron chi connectivity index (χ3n) is 15.3. The van der Waals surface area contributed by atoms with Gasteiger partial charge in [-0.15, -0.1) is 0 Å². The first-order valence-corrected chi connectivity index (χ1v) is 34.1. The highest BCUT2D eigenvalue weighted by molar-refractivity contribution is 5.71. The molecule has 0 bridgehead atoms. The summed E-state index contributed by atoms with van der Waals surface area (Å²) in [5, 5.41) is 0. The fourth-order valence-corrected chi connectivity index (χ4v) is 10.3. The number of rotatable bonds is 63. The Hall–Kier alpha value is -2.63. The number of carbonyl (C=O) groups is 3. The Morgan fingerprint density at radius 1 is 0.273 bits per heavy atom. The molecule has 0 N–H and O–H groups in total. The van der Waals surface area contributed by atoms with Crippen LogP contribution >= 0.6 is 0 Å². The van der Waals surface area contributed by atoms with E-state index in [0.29, 0.717) is 19.3 Å². The second-order valence-corrected chi connectivity index (χ2v) is 23.1. The standard InChI is InChI=1S/C71H130O6/c1-4-7-10-13-16-19-22-25-27-29-31-33-34-35-36-37-39-40-42-44-46-49-52-55-58-61-64-70(73)76-67-68(66-75-69(72)63-60-57-54-51-48-24-21-18-15-12-9-6-3)77-71(74)65-62-59-56-53-50-47-45-43-41-38-32-30-28-26-23-20-17-14-11-8-5-2/h8,11,17,20,26,28,32,38,68H,4-7,9-10,12-16,18-19,21-25,27,29-31,33-37,39-67H2,1-3H3/b11-8-,20-17-,28-26-,38-32-. The summed E-state index contributed by atoms with van der Waals surface area (Å²) < 4.78 is 17.0. The number of unbranched alkanes of at least 4 members (excludes halogenated alkanes) is 44. The van der Waals surface area contributed by atoms with Crippen LogP contribution in [0.1, 0.15) is 367 Å². The molecular formula is C71H130O6. The Labute approximate surface area is 479 Å². The van der Waals surface area contributed by atoms with Gasteiger partial charge < -0.3 is 14.2 Å². The van der Waals surface area contributed by atoms with Crippen LogP contribution in [0, 0.1) is 0 Å². The molecule has 0 aromatic heterocycles. The molecule has 1 unspecified atom stereocenters. The second kappa shape index (κ2) is 65.9. The van der Waals surface area contributed by atoms with Crippen LogP contribution in [0.3, 0.4) is 0 Å². The number of hydrogen-bond donors (Lipinski definition) is 0. The predicted octanol–water partition coefficient (Wildman–Crippen LogP) is 23.3. The molecule has 1 atom stereocenters. The fraction of sp³-hybridized carbons (Fsp3) is 0.845. The number of ether oxygens (including phenoxy) is 3. The summed E-state index contributed by atoms with van der Waals surface area (Å²) in [6, 6.07) is 0. The molecule has 0 heterocycles. The molecule has 0 aromatic rings. The number of hydrogen-bond acceptors (Lipinski definition) is 6. The Balaban J connectivity index is 4.22. The van der Waals surface area contributed by atoms with E-state index >= 15 is 0 Å². The highest BCUT2D eigenvalue weighted by Crippen LogP contribution is 2.18. The van der Waals surface area contributed by atoms with Gasteiger partial charge in [0.05, 0.1) is 0 Å². The minimum atomic E-state index is -0.775. The first kappa shape index (κ1) is 74.4. The Bertz CT molecular complexity index is 1330. The third kappa shape index (κ3) is 64.1. The Morgan fingerprint density at radius 2 is 0.506 bits per heavy atom. The van der Waals surface area contributed by atoms with Gasteiger partial charge in [0.1, 0.15) is 13.2 Å². The smallest absolute Gasteiger partial charge is 0.306 e. The summed E-state index contributed by atoms with van der Waals surface area (Å²) in [5.74, 6) is -0.855. The van der Waals surface area contributed by atoms with E-state index in [1.165, 1.54) is 238 Å². The third-order valence-corrected chi connectivity index (χ3v) is 15.3. The number of allylic oxidation sites excluding steroid dienone is 8. The summed E-state index contributed by atoms with van der Waals surface area (Å²) in [4.78, 5) is 38.3. The molecule has 6 nitrogen and oxygen atoms in total. The van der Waals surface area contributed by atoms with E-state index in [4.69, 9.17) is 14.2 Å². The van der Waals surface area contributed by atoms with Crippen molar-refractivity contribution >= 4 is 17.9 Å². The summed E-state index contributed by atoms with van der Waals surface area (Å²) in [7, 11) is 0. The van der Waals surface area contributed by atoms with Gasteiger partial charge in [-0.2, -0.15) is 0 Å². The SMILES string of the molecule is CC/C=C\C/C=C\C/C=C\C/C=C\CCCCCCCCCCC(=O)OC(COC(=O)CCCCCCCCCCCCCC)COC(=O)CCCCCCCCCCCCCCCCCCCCCCCCCCCC. The maximum absolute atomic E-state index is 12.9. The van der Waals surface area contributed by atoms with Crippen molar-refractivity contribution < 1.29 is 28.6 Å². The van der Waals surface area contributed by atoms with Crippen molar-refractivity contribution in [3.8, 4) is 0 Å². The molecule has 0 radical (unpaired) electrons. The number of carbonyl (C=O) groups excluding carboxylic acids is 3. The number of esters is 3. The van der Waals surface area contributed by atoms with E-state index in [-0.39, 0.29) is 31.1 Å². The van der Waals surface area contributed by atoms with Gasteiger partial charge in [-0.1, -0.05) is 339 Å². The molecular weight excluding hydrogens is 949 g/mol. The molecule has 77 heavy (non-hydrogen) atoms.